The molecule has 0 radical (unpaired) electrons. The van der Waals surface area contributed by atoms with Crippen molar-refractivity contribution in [2.75, 3.05) is 40.9 Å². The van der Waals surface area contributed by atoms with E-state index in [1.165, 1.54) is 33.9 Å². The fourth-order valence-electron chi connectivity index (χ4n) is 4.76. The summed E-state index contributed by atoms with van der Waals surface area (Å²) in [6.07, 6.45) is 3.34. The molecule has 0 N–H and O–H groups in total. The SMILES string of the molecule is COc1cc2c(cc1OC)CN(CCCN(C)C(C)Cc1ccc3ccccc3c1)CC2. The number of fused-ring (bicyclic) bond motifs is 2. The Morgan fingerprint density at radius 2 is 1.66 bits per heavy atom. The van der Waals surface area contributed by atoms with Crippen LogP contribution in [0.15, 0.2) is 54.6 Å². The Morgan fingerprint density at radius 1 is 0.938 bits per heavy atom. The summed E-state index contributed by atoms with van der Waals surface area (Å²) in [5.74, 6) is 1.66. The molecule has 3 aromatic rings. The molecule has 0 spiro atoms. The normalized spacial score (nSPS) is 15.0. The predicted octanol–water partition coefficient (Wildman–Crippen LogP) is 5.17. The van der Waals surface area contributed by atoms with Gasteiger partial charge in [-0.3, -0.25) is 4.90 Å². The minimum atomic E-state index is 0.523. The molecule has 0 aromatic heterocycles. The Hall–Kier alpha value is -2.56. The molecule has 0 saturated heterocycles. The van der Waals surface area contributed by atoms with Crippen LogP contribution in [0.4, 0.5) is 0 Å². The lowest BCUT2D eigenvalue weighted by Crippen LogP contribution is -2.36. The standard InChI is InChI=1S/C28H36N2O2/c1-21(16-22-10-11-23-8-5-6-9-24(23)17-22)29(2)13-7-14-30-15-12-25-18-27(31-3)28(32-4)19-26(25)20-30/h5-6,8-11,17-19,21H,7,12-16,20H2,1-4H3. The fraction of sp³-hybridized carbons (Fsp3) is 0.429. The number of likely N-dealkylation sites (N-methyl/N-ethyl adjacent to an activating group) is 1. The molecule has 170 valence electrons. The van der Waals surface area contributed by atoms with Crippen LogP contribution in [-0.2, 0) is 19.4 Å². The van der Waals surface area contributed by atoms with Gasteiger partial charge >= 0.3 is 0 Å². The average Bonchev–Trinajstić information content (AvgIpc) is 2.82. The van der Waals surface area contributed by atoms with E-state index in [0.29, 0.717) is 6.04 Å². The lowest BCUT2D eigenvalue weighted by Gasteiger charge is -2.31. The lowest BCUT2D eigenvalue weighted by atomic mass is 9.98. The molecular formula is C28H36N2O2. The Bertz CT molecular complexity index is 1050. The van der Waals surface area contributed by atoms with Gasteiger partial charge in [-0.1, -0.05) is 42.5 Å². The van der Waals surface area contributed by atoms with E-state index in [1.54, 1.807) is 14.2 Å². The van der Waals surface area contributed by atoms with Crippen molar-refractivity contribution in [3.63, 3.8) is 0 Å². The Balaban J connectivity index is 1.26. The van der Waals surface area contributed by atoms with Crippen LogP contribution >= 0.6 is 0 Å². The smallest absolute Gasteiger partial charge is 0.161 e. The zero-order valence-electron chi connectivity index (χ0n) is 19.9. The molecular weight excluding hydrogens is 396 g/mol. The number of hydrogen-bond acceptors (Lipinski definition) is 4. The number of hydrogen-bond donors (Lipinski definition) is 0. The third-order valence-electron chi connectivity index (χ3n) is 6.88. The molecule has 1 atom stereocenters. The molecule has 1 aliphatic rings. The summed E-state index contributed by atoms with van der Waals surface area (Å²) < 4.78 is 11.0. The predicted molar refractivity (Wildman–Crippen MR) is 133 cm³/mol. The topological polar surface area (TPSA) is 24.9 Å². The van der Waals surface area contributed by atoms with Crippen LogP contribution in [0.3, 0.4) is 0 Å². The monoisotopic (exact) mass is 432 g/mol. The molecule has 4 heteroatoms. The van der Waals surface area contributed by atoms with E-state index in [9.17, 15) is 0 Å². The van der Waals surface area contributed by atoms with E-state index in [-0.39, 0.29) is 0 Å². The van der Waals surface area contributed by atoms with Gasteiger partial charge in [0.1, 0.15) is 0 Å². The number of ether oxygens (including phenoxy) is 2. The maximum atomic E-state index is 5.50. The van der Waals surface area contributed by atoms with Crippen molar-refractivity contribution < 1.29 is 9.47 Å². The molecule has 0 aliphatic carbocycles. The van der Waals surface area contributed by atoms with Crippen LogP contribution in [0.1, 0.15) is 30.0 Å². The number of rotatable bonds is 9. The molecule has 0 saturated carbocycles. The number of benzene rings is 3. The first-order valence-electron chi connectivity index (χ1n) is 11.7. The first kappa shape index (κ1) is 22.6. The summed E-state index contributed by atoms with van der Waals surface area (Å²) in [6, 6.07) is 20.3. The van der Waals surface area contributed by atoms with Gasteiger partial charge in [-0.05, 0) is 85.9 Å². The van der Waals surface area contributed by atoms with Crippen LogP contribution in [0.2, 0.25) is 0 Å². The van der Waals surface area contributed by atoms with Crippen LogP contribution in [0.25, 0.3) is 10.8 Å². The molecule has 1 aliphatic heterocycles. The van der Waals surface area contributed by atoms with Gasteiger partial charge in [0, 0.05) is 19.1 Å². The fourth-order valence-corrected chi connectivity index (χ4v) is 4.76. The van der Waals surface area contributed by atoms with Crippen LogP contribution < -0.4 is 9.47 Å². The van der Waals surface area contributed by atoms with Crippen molar-refractivity contribution in [3.8, 4) is 11.5 Å². The van der Waals surface area contributed by atoms with E-state index in [4.69, 9.17) is 9.47 Å². The minimum Gasteiger partial charge on any atom is -0.493 e. The Labute approximate surface area is 192 Å². The molecule has 3 aromatic carbocycles. The Morgan fingerprint density at radius 3 is 2.41 bits per heavy atom. The molecule has 1 unspecified atom stereocenters. The first-order chi connectivity index (χ1) is 15.6. The van der Waals surface area contributed by atoms with E-state index in [0.717, 1.165) is 50.5 Å². The highest BCUT2D eigenvalue weighted by molar-refractivity contribution is 5.83. The highest BCUT2D eigenvalue weighted by Crippen LogP contribution is 2.33. The summed E-state index contributed by atoms with van der Waals surface area (Å²) in [5.41, 5.74) is 4.17. The summed E-state index contributed by atoms with van der Waals surface area (Å²) >= 11 is 0. The molecule has 4 nitrogen and oxygen atoms in total. The van der Waals surface area contributed by atoms with Crippen molar-refractivity contribution in [3.05, 3.63) is 71.3 Å². The zero-order chi connectivity index (χ0) is 22.5. The van der Waals surface area contributed by atoms with Crippen molar-refractivity contribution in [2.24, 2.45) is 0 Å². The Kier molecular flexibility index (Phi) is 7.33. The van der Waals surface area contributed by atoms with Crippen LogP contribution in [0, 0.1) is 0 Å². The van der Waals surface area contributed by atoms with Crippen molar-refractivity contribution in [2.45, 2.75) is 38.8 Å². The second-order valence-corrected chi connectivity index (χ2v) is 9.07. The number of methoxy groups -OCH3 is 2. The van der Waals surface area contributed by atoms with Crippen molar-refractivity contribution in [1.29, 1.82) is 0 Å². The maximum absolute atomic E-state index is 5.50. The third kappa shape index (κ3) is 5.25. The van der Waals surface area contributed by atoms with Gasteiger partial charge < -0.3 is 14.4 Å². The lowest BCUT2D eigenvalue weighted by molar-refractivity contribution is 0.208. The maximum Gasteiger partial charge on any atom is 0.161 e. The average molecular weight is 433 g/mol. The molecule has 32 heavy (non-hydrogen) atoms. The van der Waals surface area contributed by atoms with Gasteiger partial charge in [0.15, 0.2) is 11.5 Å². The molecule has 0 amide bonds. The summed E-state index contributed by atoms with van der Waals surface area (Å²) in [7, 11) is 5.67. The van der Waals surface area contributed by atoms with Gasteiger partial charge in [0.25, 0.3) is 0 Å². The van der Waals surface area contributed by atoms with Crippen molar-refractivity contribution in [1.82, 2.24) is 9.80 Å². The highest BCUT2D eigenvalue weighted by atomic mass is 16.5. The summed E-state index contributed by atoms with van der Waals surface area (Å²) in [4.78, 5) is 5.07. The van der Waals surface area contributed by atoms with Gasteiger partial charge in [0.2, 0.25) is 0 Å². The van der Waals surface area contributed by atoms with Gasteiger partial charge in [-0.15, -0.1) is 0 Å². The van der Waals surface area contributed by atoms with Gasteiger partial charge in [0.05, 0.1) is 14.2 Å². The highest BCUT2D eigenvalue weighted by Gasteiger charge is 2.19. The summed E-state index contributed by atoms with van der Waals surface area (Å²) in [5, 5.41) is 2.65. The van der Waals surface area contributed by atoms with E-state index in [1.807, 2.05) is 0 Å². The molecule has 4 rings (SSSR count). The quantitative estimate of drug-likeness (QED) is 0.466. The van der Waals surface area contributed by atoms with E-state index >= 15 is 0 Å². The minimum absolute atomic E-state index is 0.523. The third-order valence-corrected chi connectivity index (χ3v) is 6.88. The van der Waals surface area contributed by atoms with E-state index < -0.39 is 0 Å². The second-order valence-electron chi connectivity index (χ2n) is 9.07. The first-order valence-corrected chi connectivity index (χ1v) is 11.7. The van der Waals surface area contributed by atoms with Gasteiger partial charge in [-0.25, -0.2) is 0 Å². The zero-order valence-corrected chi connectivity index (χ0v) is 19.9. The van der Waals surface area contributed by atoms with Gasteiger partial charge in [-0.2, -0.15) is 0 Å². The van der Waals surface area contributed by atoms with Crippen LogP contribution in [-0.4, -0.2) is 56.7 Å². The second kappa shape index (κ2) is 10.4. The molecule has 0 bridgehead atoms. The largest absolute Gasteiger partial charge is 0.493 e. The van der Waals surface area contributed by atoms with Crippen molar-refractivity contribution >= 4 is 10.8 Å². The van der Waals surface area contributed by atoms with Crippen LogP contribution in [0.5, 0.6) is 11.5 Å². The molecule has 0 fully saturated rings. The summed E-state index contributed by atoms with van der Waals surface area (Å²) in [6.45, 7) is 6.68. The number of nitrogens with zero attached hydrogens (tertiary/aromatic N) is 2. The molecule has 1 heterocycles. The van der Waals surface area contributed by atoms with E-state index in [2.05, 4.69) is 78.4 Å².